The number of rotatable bonds is 8. The van der Waals surface area contributed by atoms with Gasteiger partial charge in [-0.1, -0.05) is 33.8 Å². The van der Waals surface area contributed by atoms with E-state index in [0.29, 0.717) is 23.9 Å². The lowest BCUT2D eigenvalue weighted by molar-refractivity contribution is -0.384. The molecule has 0 unspecified atom stereocenters. The molecule has 2 rings (SSSR count). The van der Waals surface area contributed by atoms with E-state index in [0.717, 1.165) is 18.7 Å². The van der Waals surface area contributed by atoms with Gasteiger partial charge in [0.2, 0.25) is 0 Å². The zero-order chi connectivity index (χ0) is 18.7. The lowest BCUT2D eigenvalue weighted by Crippen LogP contribution is -2.31. The first kappa shape index (κ1) is 19.2. The number of nitro benzene ring substituents is 1. The number of ether oxygens (including phenoxy) is 1. The van der Waals surface area contributed by atoms with Crippen LogP contribution in [0.5, 0.6) is 0 Å². The number of carbonyl (C=O) groups excluding carboxylic acids is 1. The fraction of sp³-hybridized carbons (Fsp3) is 0.632. The van der Waals surface area contributed by atoms with Crippen molar-refractivity contribution in [1.82, 2.24) is 0 Å². The monoisotopic (exact) mass is 348 g/mol. The number of anilines is 1. The van der Waals surface area contributed by atoms with Crippen LogP contribution in [-0.4, -0.2) is 31.1 Å². The number of methoxy groups -OCH3 is 1. The molecule has 138 valence electrons. The average Bonchev–Trinajstić information content (AvgIpc) is 3.32. The van der Waals surface area contributed by atoms with Gasteiger partial charge in [-0.3, -0.25) is 14.9 Å². The van der Waals surface area contributed by atoms with Gasteiger partial charge in [0.05, 0.1) is 18.0 Å². The Labute approximate surface area is 149 Å². The molecule has 6 nitrogen and oxygen atoms in total. The maximum absolute atomic E-state index is 11.7. The van der Waals surface area contributed by atoms with E-state index in [1.54, 1.807) is 6.07 Å². The maximum atomic E-state index is 11.7. The van der Waals surface area contributed by atoms with E-state index in [9.17, 15) is 14.9 Å². The summed E-state index contributed by atoms with van der Waals surface area (Å²) in [4.78, 5) is 25.1. The molecule has 0 bridgehead atoms. The first-order chi connectivity index (χ1) is 11.7. The molecule has 1 aromatic carbocycles. The highest BCUT2D eigenvalue weighted by molar-refractivity contribution is 5.77. The van der Waals surface area contributed by atoms with Gasteiger partial charge in [0.25, 0.3) is 5.69 Å². The van der Waals surface area contributed by atoms with Crippen molar-refractivity contribution < 1.29 is 14.5 Å². The summed E-state index contributed by atoms with van der Waals surface area (Å²) < 4.78 is 4.77. The van der Waals surface area contributed by atoms with Crippen LogP contribution in [0.1, 0.15) is 45.6 Å². The van der Waals surface area contributed by atoms with Gasteiger partial charge in [-0.15, -0.1) is 0 Å². The van der Waals surface area contributed by atoms with Crippen LogP contribution in [-0.2, 0) is 9.53 Å². The van der Waals surface area contributed by atoms with Gasteiger partial charge < -0.3 is 9.64 Å². The summed E-state index contributed by atoms with van der Waals surface area (Å²) in [6.07, 6.45) is 0.699. The van der Waals surface area contributed by atoms with Gasteiger partial charge in [-0.2, -0.15) is 0 Å². The highest BCUT2D eigenvalue weighted by Crippen LogP contribution is 2.49. The summed E-state index contributed by atoms with van der Waals surface area (Å²) in [5.41, 5.74) is 1.63. The normalized spacial score (nSPS) is 19.2. The molecule has 0 spiro atoms. The fourth-order valence-electron chi connectivity index (χ4n) is 3.31. The third kappa shape index (κ3) is 4.71. The number of nitro groups is 1. The van der Waals surface area contributed by atoms with Crippen LogP contribution in [0.3, 0.4) is 0 Å². The van der Waals surface area contributed by atoms with Gasteiger partial charge in [0.15, 0.2) is 0 Å². The van der Waals surface area contributed by atoms with Gasteiger partial charge in [-0.05, 0) is 35.8 Å². The molecule has 1 fully saturated rings. The first-order valence-electron chi connectivity index (χ1n) is 8.85. The van der Waals surface area contributed by atoms with Crippen molar-refractivity contribution in [2.45, 2.75) is 40.0 Å². The van der Waals surface area contributed by atoms with Crippen LogP contribution in [0.4, 0.5) is 11.4 Å². The number of carbonyl (C=O) groups is 1. The fourth-order valence-corrected chi connectivity index (χ4v) is 3.31. The van der Waals surface area contributed by atoms with Crippen LogP contribution in [0.25, 0.3) is 0 Å². The van der Waals surface area contributed by atoms with Crippen LogP contribution < -0.4 is 4.90 Å². The standard InChI is InChI=1S/C19H28N2O4/c1-12(2)10-20(11-13(3)4)17-7-6-14(8-18(17)21(23)24)15-9-16(15)19(22)25-5/h6-8,12-13,15-16H,9-11H2,1-5H3/t15-,16-/m1/s1. The summed E-state index contributed by atoms with van der Waals surface area (Å²) in [5.74, 6) is 0.440. The third-order valence-electron chi connectivity index (χ3n) is 4.43. The SMILES string of the molecule is COC(=O)[C@@H]1C[C@@H]1c1ccc(N(CC(C)C)CC(C)C)c([N+](=O)[O-])c1. The highest BCUT2D eigenvalue weighted by Gasteiger charge is 2.45. The quantitative estimate of drug-likeness (QED) is 0.403. The predicted octanol–water partition coefficient (Wildman–Crippen LogP) is 3.99. The lowest BCUT2D eigenvalue weighted by Gasteiger charge is -2.28. The molecule has 25 heavy (non-hydrogen) atoms. The van der Waals surface area contributed by atoms with Gasteiger partial charge in [-0.25, -0.2) is 0 Å². The Morgan fingerprint density at radius 1 is 1.28 bits per heavy atom. The molecule has 2 atom stereocenters. The first-order valence-corrected chi connectivity index (χ1v) is 8.85. The van der Waals surface area contributed by atoms with Crippen molar-refractivity contribution in [2.75, 3.05) is 25.1 Å². The lowest BCUT2D eigenvalue weighted by atomic mass is 10.0. The van der Waals surface area contributed by atoms with Crippen LogP contribution in [0.15, 0.2) is 18.2 Å². The molecule has 1 aromatic rings. The van der Waals surface area contributed by atoms with Crippen molar-refractivity contribution >= 4 is 17.3 Å². The minimum Gasteiger partial charge on any atom is -0.469 e. The largest absolute Gasteiger partial charge is 0.469 e. The van der Waals surface area contributed by atoms with Crippen molar-refractivity contribution in [3.05, 3.63) is 33.9 Å². The van der Waals surface area contributed by atoms with Crippen molar-refractivity contribution in [3.8, 4) is 0 Å². The summed E-state index contributed by atoms with van der Waals surface area (Å²) in [6.45, 7) is 9.98. The number of hydrogen-bond acceptors (Lipinski definition) is 5. The average molecular weight is 348 g/mol. The molecular formula is C19H28N2O4. The minimum atomic E-state index is -0.317. The second kappa shape index (κ2) is 7.85. The molecule has 1 aliphatic carbocycles. The molecular weight excluding hydrogens is 320 g/mol. The van der Waals surface area contributed by atoms with Gasteiger partial charge >= 0.3 is 5.97 Å². The number of hydrogen-bond donors (Lipinski definition) is 0. The molecule has 1 aliphatic rings. The van der Waals surface area contributed by atoms with E-state index < -0.39 is 0 Å². The molecule has 0 saturated heterocycles. The van der Waals surface area contributed by atoms with E-state index in [2.05, 4.69) is 32.6 Å². The summed E-state index contributed by atoms with van der Waals surface area (Å²) in [7, 11) is 1.37. The van der Waals surface area contributed by atoms with E-state index in [1.165, 1.54) is 7.11 Å². The number of esters is 1. The van der Waals surface area contributed by atoms with Crippen molar-refractivity contribution in [2.24, 2.45) is 17.8 Å². The molecule has 0 aliphatic heterocycles. The molecule has 0 radical (unpaired) electrons. The minimum absolute atomic E-state index is 0.0313. The van der Waals surface area contributed by atoms with Crippen molar-refractivity contribution in [1.29, 1.82) is 0 Å². The Hall–Kier alpha value is -2.11. The zero-order valence-electron chi connectivity index (χ0n) is 15.7. The van der Waals surface area contributed by atoms with E-state index >= 15 is 0 Å². The Kier molecular flexibility index (Phi) is 6.03. The van der Waals surface area contributed by atoms with E-state index in [-0.39, 0.29) is 28.4 Å². The molecule has 1 saturated carbocycles. The Balaban J connectivity index is 2.32. The summed E-state index contributed by atoms with van der Waals surface area (Å²) >= 11 is 0. The third-order valence-corrected chi connectivity index (χ3v) is 4.43. The van der Waals surface area contributed by atoms with Crippen LogP contribution in [0.2, 0.25) is 0 Å². The molecule has 0 heterocycles. The molecule has 0 aromatic heterocycles. The van der Waals surface area contributed by atoms with Gasteiger partial charge in [0.1, 0.15) is 5.69 Å². The number of benzene rings is 1. The highest BCUT2D eigenvalue weighted by atomic mass is 16.6. The zero-order valence-corrected chi connectivity index (χ0v) is 15.7. The second-order valence-corrected chi connectivity index (χ2v) is 7.67. The maximum Gasteiger partial charge on any atom is 0.309 e. The summed E-state index contributed by atoms with van der Waals surface area (Å²) in [6, 6.07) is 5.39. The predicted molar refractivity (Wildman–Crippen MR) is 97.8 cm³/mol. The second-order valence-electron chi connectivity index (χ2n) is 7.67. The van der Waals surface area contributed by atoms with Crippen LogP contribution in [0, 0.1) is 27.9 Å². The van der Waals surface area contributed by atoms with E-state index in [1.807, 2.05) is 12.1 Å². The molecule has 0 N–H and O–H groups in total. The Morgan fingerprint density at radius 2 is 1.88 bits per heavy atom. The Morgan fingerprint density at radius 3 is 2.36 bits per heavy atom. The van der Waals surface area contributed by atoms with Gasteiger partial charge in [0, 0.05) is 19.2 Å². The molecule has 0 amide bonds. The topological polar surface area (TPSA) is 72.7 Å². The van der Waals surface area contributed by atoms with Crippen molar-refractivity contribution in [3.63, 3.8) is 0 Å². The molecule has 6 heteroatoms. The smallest absolute Gasteiger partial charge is 0.309 e. The summed E-state index contributed by atoms with van der Waals surface area (Å²) in [5, 5.41) is 11.7. The Bertz CT molecular complexity index is 632. The van der Waals surface area contributed by atoms with Crippen LogP contribution >= 0.6 is 0 Å². The van der Waals surface area contributed by atoms with E-state index in [4.69, 9.17) is 4.74 Å². The number of nitrogens with zero attached hydrogens (tertiary/aromatic N) is 2.